The third-order valence-corrected chi connectivity index (χ3v) is 16.5. The predicted octanol–water partition coefficient (Wildman–Crippen LogP) is 5.91. The molecule has 27 nitrogen and oxygen atoms in total. The molecule has 2 aliphatic rings. The highest BCUT2D eigenvalue weighted by Gasteiger charge is 2.67. The molecule has 0 spiro atoms. The highest BCUT2D eigenvalue weighted by Crippen LogP contribution is 2.59. The van der Waals surface area contributed by atoms with Crippen LogP contribution in [0.2, 0.25) is 0 Å². The van der Waals surface area contributed by atoms with Crippen molar-refractivity contribution in [2.45, 2.75) is 167 Å². The summed E-state index contributed by atoms with van der Waals surface area (Å²) < 4.78 is 40.7. The fourth-order valence-corrected chi connectivity index (χ4v) is 11.3. The van der Waals surface area contributed by atoms with Crippen LogP contribution in [0.15, 0.2) is 41.1 Å². The number of carbonyl (C=O) groups is 9. The van der Waals surface area contributed by atoms with Crippen molar-refractivity contribution >= 4 is 93.4 Å². The van der Waals surface area contributed by atoms with Crippen molar-refractivity contribution in [2.24, 2.45) is 5.41 Å². The molecule has 5 rings (SSSR count). The molecule has 3 aromatic rings. The summed E-state index contributed by atoms with van der Waals surface area (Å²) in [5, 5.41) is 32.4. The summed E-state index contributed by atoms with van der Waals surface area (Å²) in [6.45, 7) is 3.61. The highest BCUT2D eigenvalue weighted by molar-refractivity contribution is 9.10. The Kier molecular flexibility index (Phi) is 32.3. The summed E-state index contributed by atoms with van der Waals surface area (Å²) in [7, 11) is -4.52. The van der Waals surface area contributed by atoms with Gasteiger partial charge in [-0.15, -0.1) is 0 Å². The average molecular weight is 1350 g/mol. The number of benzene rings is 1. The first-order valence-corrected chi connectivity index (χ1v) is 33.6. The van der Waals surface area contributed by atoms with Gasteiger partial charge in [-0.25, -0.2) is 9.78 Å². The Labute approximate surface area is 532 Å². The average Bonchev–Trinajstić information content (AvgIpc) is 1.54. The van der Waals surface area contributed by atoms with E-state index in [1.54, 1.807) is 25.1 Å². The minimum absolute atomic E-state index is 0.0588. The van der Waals surface area contributed by atoms with Crippen LogP contribution in [-0.2, 0) is 68.4 Å². The van der Waals surface area contributed by atoms with Crippen LogP contribution in [-0.4, -0.2) is 185 Å². The first-order valence-electron chi connectivity index (χ1n) is 31.0. The van der Waals surface area contributed by atoms with Gasteiger partial charge in [-0.2, -0.15) is 0 Å². The number of unbranched alkanes of at least 4 members (excludes halogenated alkanes) is 13. The summed E-state index contributed by atoms with van der Waals surface area (Å²) in [6, 6.07) is 5.48. The lowest BCUT2D eigenvalue weighted by atomic mass is 9.99. The number of aliphatic carboxylic acids is 2. The van der Waals surface area contributed by atoms with Gasteiger partial charge in [-0.1, -0.05) is 83.1 Å². The van der Waals surface area contributed by atoms with Crippen LogP contribution < -0.4 is 31.3 Å². The maximum absolute atomic E-state index is 14.4. The molecule has 29 heteroatoms. The number of aromatic nitrogens is 2. The van der Waals surface area contributed by atoms with Gasteiger partial charge in [0.25, 0.3) is 0 Å². The van der Waals surface area contributed by atoms with Crippen LogP contribution in [0.25, 0.3) is 10.9 Å². The number of nitrogens with zero attached hydrogens (tertiary/aromatic N) is 3. The minimum atomic E-state index is -4.52. The Morgan fingerprint density at radius 1 is 0.700 bits per heavy atom. The second kappa shape index (κ2) is 39.1. The molecule has 3 heterocycles. The topological polar surface area (TPSA) is 379 Å². The number of halogens is 1. The molecule has 0 unspecified atom stereocenters. The number of anilines is 1. The van der Waals surface area contributed by atoms with Crippen molar-refractivity contribution in [1.82, 2.24) is 35.7 Å². The summed E-state index contributed by atoms with van der Waals surface area (Å²) in [5.74, 6) is -4.26. The molecule has 1 aliphatic carbocycles. The van der Waals surface area contributed by atoms with Crippen molar-refractivity contribution in [3.63, 3.8) is 0 Å². The summed E-state index contributed by atoms with van der Waals surface area (Å²) >= 11 is 3.33. The highest BCUT2D eigenvalue weighted by atomic mass is 79.9. The van der Waals surface area contributed by atoms with Gasteiger partial charge >= 0.3 is 19.5 Å². The third kappa shape index (κ3) is 27.2. The number of ether oxygens (including phenoxy) is 5. The van der Waals surface area contributed by atoms with Crippen LogP contribution >= 0.6 is 23.5 Å². The number of piperidine rings is 1. The Hall–Kier alpha value is -6.39. The van der Waals surface area contributed by atoms with E-state index in [1.807, 2.05) is 0 Å². The second-order valence-corrected chi connectivity index (χ2v) is 25.3. The van der Waals surface area contributed by atoms with Gasteiger partial charge in [0, 0.05) is 73.6 Å². The Balaban J connectivity index is 0.876. The second-order valence-electron chi connectivity index (χ2n) is 22.9. The molecule has 2 fully saturated rings. The van der Waals surface area contributed by atoms with Gasteiger partial charge in [0.2, 0.25) is 35.4 Å². The van der Waals surface area contributed by atoms with E-state index >= 15 is 0 Å². The van der Waals surface area contributed by atoms with Gasteiger partial charge in [0.1, 0.15) is 48.0 Å². The normalized spacial score (nSPS) is 16.3. The number of rotatable bonds is 48. The molecule has 6 amide bonds. The number of likely N-dealkylation sites (tertiary alicyclic amines) is 1. The number of hydrogen-bond donors (Lipinski definition) is 9. The van der Waals surface area contributed by atoms with Gasteiger partial charge in [-0.3, -0.25) is 42.9 Å². The van der Waals surface area contributed by atoms with E-state index in [0.29, 0.717) is 45.3 Å². The van der Waals surface area contributed by atoms with Crippen molar-refractivity contribution in [3.8, 4) is 5.75 Å². The van der Waals surface area contributed by atoms with Crippen molar-refractivity contribution in [3.05, 3.63) is 52.3 Å². The SMILES string of the molecule is CC(=O)c1cn(CC(=O)N2[C@H](C(=O)Nc3nc(Br)ccc3C)C[C@@]3(CNC(=O)COCCOCCNC(=O)COCCOCCNC(=O)CC[C@H](NC(=O)CCCCCCCCCCCCCCCCC(=O)O)C(=O)O)C[C@@H]23)c2cc(OCP(=O)(O)O)ccc12. The van der Waals surface area contributed by atoms with Crippen LogP contribution in [0.4, 0.5) is 5.82 Å². The number of ketones is 1. The van der Waals surface area contributed by atoms with E-state index in [-0.39, 0.29) is 140 Å². The van der Waals surface area contributed by atoms with Crippen LogP contribution in [0, 0.1) is 12.3 Å². The molecule has 90 heavy (non-hydrogen) atoms. The molecule has 1 saturated heterocycles. The van der Waals surface area contributed by atoms with E-state index in [0.717, 1.165) is 51.4 Å². The molecule has 9 N–H and O–H groups in total. The number of aryl methyl sites for hydroxylation is 1. The zero-order valence-corrected chi connectivity index (χ0v) is 54.1. The molecule has 1 aromatic carbocycles. The first-order chi connectivity index (χ1) is 43.1. The monoisotopic (exact) mass is 1350 g/mol. The Morgan fingerprint density at radius 2 is 1.27 bits per heavy atom. The van der Waals surface area contributed by atoms with Crippen molar-refractivity contribution in [1.29, 1.82) is 0 Å². The molecule has 0 bridgehead atoms. The predicted molar refractivity (Wildman–Crippen MR) is 333 cm³/mol. The summed E-state index contributed by atoms with van der Waals surface area (Å²) in [5.41, 5.74) is 0.767. The molecule has 500 valence electrons. The van der Waals surface area contributed by atoms with Gasteiger partial charge in [0.05, 0.1) is 45.2 Å². The zero-order valence-electron chi connectivity index (χ0n) is 51.6. The number of pyridine rings is 1. The third-order valence-electron chi connectivity index (χ3n) is 15.6. The fraction of sp³-hybridized carbons (Fsp3) is 0.639. The van der Waals surface area contributed by atoms with Crippen LogP contribution in [0.1, 0.15) is 151 Å². The van der Waals surface area contributed by atoms with Crippen molar-refractivity contribution in [2.75, 3.05) is 84.2 Å². The number of carboxylic acid groups (broad SMARTS) is 2. The molecule has 2 aromatic heterocycles. The number of nitrogens with one attached hydrogen (secondary N) is 5. The van der Waals surface area contributed by atoms with E-state index in [9.17, 15) is 62.6 Å². The van der Waals surface area contributed by atoms with Gasteiger partial charge in [-0.05, 0) is 85.6 Å². The number of carbonyl (C=O) groups excluding carboxylic acids is 7. The van der Waals surface area contributed by atoms with E-state index in [2.05, 4.69) is 47.5 Å². The van der Waals surface area contributed by atoms with E-state index in [4.69, 9.17) is 28.8 Å². The van der Waals surface area contributed by atoms with E-state index in [1.165, 1.54) is 66.8 Å². The fourth-order valence-electron chi connectivity index (χ4n) is 10.7. The number of amides is 6. The Morgan fingerprint density at radius 3 is 1.84 bits per heavy atom. The van der Waals surface area contributed by atoms with Crippen LogP contribution in [0.3, 0.4) is 0 Å². The maximum atomic E-state index is 14.4. The molecule has 1 saturated carbocycles. The lowest BCUT2D eigenvalue weighted by Gasteiger charge is -2.27. The number of Topliss-reactive ketones (excluding diaryl/α,β-unsaturated/α-hetero) is 1. The number of hydrogen-bond acceptors (Lipinski definition) is 16. The molecule has 4 atom stereocenters. The quantitative estimate of drug-likeness (QED) is 0.0137. The molecular weight excluding hydrogens is 1260 g/mol. The summed E-state index contributed by atoms with van der Waals surface area (Å²) in [6.07, 6.45) is 16.5. The lowest BCUT2D eigenvalue weighted by molar-refractivity contribution is -0.142. The number of fused-ring (bicyclic) bond motifs is 2. The molecular formula is C61H90BrN8O19P. The smallest absolute Gasteiger partial charge is 0.362 e. The zero-order chi connectivity index (χ0) is 65.5. The minimum Gasteiger partial charge on any atom is -0.481 e. The first kappa shape index (κ1) is 74.3. The summed E-state index contributed by atoms with van der Waals surface area (Å²) in [4.78, 5) is 138. The van der Waals surface area contributed by atoms with Gasteiger partial charge < -0.3 is 79.7 Å². The number of carboxylic acids is 2. The standard InChI is InChI=1S/C61H90BrN8O19P/c1-42-19-23-51(62)67-58(42)68-59(79)49-34-61(35-50(61)70(49)56(76)37-69-36-46(43(2)71)45-21-20-44(33-48(45)69)89-41-90(82,83)84)40-65-55(75)39-88-32-30-86-28-26-64-54(74)38-87-31-29-85-27-25-63-52(72)24-22-47(60(80)81)66-53(73)17-15-13-11-9-7-5-3-4-6-8-10-12-14-16-18-57(77)78/h19-21,23,33,36,47,49-50H,3-18,22,24-32,34-35,37-41H2,1-2H3,(H,63,72)(H,64,74)(H,65,75)(H,66,73)(H,77,78)(H,80,81)(H,67,68,79)(H2,82,83,84)/t47-,49-,50+,61-/m0/s1. The largest absolute Gasteiger partial charge is 0.481 e. The van der Waals surface area contributed by atoms with Gasteiger partial charge in [0.15, 0.2) is 12.1 Å². The molecule has 1 aliphatic heterocycles. The molecule has 0 radical (unpaired) electrons. The van der Waals surface area contributed by atoms with Crippen molar-refractivity contribution < 1.29 is 91.4 Å². The Bertz CT molecular complexity index is 2930. The lowest BCUT2D eigenvalue weighted by Crippen LogP contribution is -2.46. The maximum Gasteiger partial charge on any atom is 0.362 e. The van der Waals surface area contributed by atoms with E-state index < -0.39 is 67.1 Å². The van der Waals surface area contributed by atoms with Crippen LogP contribution in [0.5, 0.6) is 5.75 Å².